The maximum atomic E-state index is 12.7. The number of sulfone groups is 1. The highest BCUT2D eigenvalue weighted by atomic mass is 32.2. The van der Waals surface area contributed by atoms with Crippen LogP contribution in [0.15, 0.2) is 29.2 Å². The van der Waals surface area contributed by atoms with E-state index in [2.05, 4.69) is 20.4 Å². The first-order chi connectivity index (χ1) is 12.3. The number of carbonyl (C=O) groups excluding carboxylic acids is 1. The summed E-state index contributed by atoms with van der Waals surface area (Å²) in [6.45, 7) is 3.62. The van der Waals surface area contributed by atoms with Gasteiger partial charge in [-0.15, -0.1) is 0 Å². The molecule has 1 aliphatic rings. The summed E-state index contributed by atoms with van der Waals surface area (Å²) in [5, 5.41) is 10.2. The van der Waals surface area contributed by atoms with E-state index < -0.39 is 9.84 Å². The SMILES string of the molecule is CC[C@H](NC(=O)c1n[nH]c2c1CN(C)CC2)c1ccc(S(C)(=O)=O)cc1. The largest absolute Gasteiger partial charge is 0.344 e. The van der Waals surface area contributed by atoms with Crippen molar-refractivity contribution < 1.29 is 13.2 Å². The number of rotatable bonds is 5. The van der Waals surface area contributed by atoms with Gasteiger partial charge in [0.2, 0.25) is 0 Å². The molecule has 0 aliphatic carbocycles. The molecular formula is C18H24N4O3S. The van der Waals surface area contributed by atoms with Crippen LogP contribution in [0.5, 0.6) is 0 Å². The molecule has 0 bridgehead atoms. The van der Waals surface area contributed by atoms with Gasteiger partial charge in [-0.05, 0) is 31.2 Å². The summed E-state index contributed by atoms with van der Waals surface area (Å²) in [4.78, 5) is 15.2. The molecule has 3 rings (SSSR count). The Morgan fingerprint density at radius 3 is 2.65 bits per heavy atom. The van der Waals surface area contributed by atoms with E-state index in [0.717, 1.165) is 29.8 Å². The molecule has 140 valence electrons. The molecule has 2 heterocycles. The standard InChI is InChI=1S/C18H24N4O3S/c1-4-15(12-5-7-13(8-6-12)26(3,24)25)19-18(23)17-14-11-22(2)10-9-16(14)20-21-17/h5-8,15H,4,9-11H2,1-3H3,(H,19,23)(H,20,21)/t15-/m0/s1. The number of carbonyl (C=O) groups is 1. The van der Waals surface area contributed by atoms with Crippen molar-refractivity contribution in [1.82, 2.24) is 20.4 Å². The quantitative estimate of drug-likeness (QED) is 0.828. The van der Waals surface area contributed by atoms with E-state index in [9.17, 15) is 13.2 Å². The summed E-state index contributed by atoms with van der Waals surface area (Å²) in [7, 11) is -1.21. The zero-order valence-electron chi connectivity index (χ0n) is 15.2. The van der Waals surface area contributed by atoms with Crippen LogP contribution in [0, 0.1) is 0 Å². The Hall–Kier alpha value is -2.19. The van der Waals surface area contributed by atoms with Gasteiger partial charge in [0.1, 0.15) is 0 Å². The van der Waals surface area contributed by atoms with Crippen LogP contribution in [0.1, 0.15) is 46.7 Å². The van der Waals surface area contributed by atoms with Crippen molar-refractivity contribution >= 4 is 15.7 Å². The normalized spacial score (nSPS) is 16.1. The molecule has 8 heteroatoms. The lowest BCUT2D eigenvalue weighted by atomic mass is 10.0. The maximum Gasteiger partial charge on any atom is 0.272 e. The number of aromatic amines is 1. The molecule has 1 amide bonds. The van der Waals surface area contributed by atoms with Crippen LogP contribution >= 0.6 is 0 Å². The summed E-state index contributed by atoms with van der Waals surface area (Å²) >= 11 is 0. The second-order valence-corrected chi connectivity index (χ2v) is 8.81. The number of benzene rings is 1. The number of nitrogens with one attached hydrogen (secondary N) is 2. The predicted molar refractivity (Wildman–Crippen MR) is 98.7 cm³/mol. The number of H-pyrrole nitrogens is 1. The van der Waals surface area contributed by atoms with E-state index in [-0.39, 0.29) is 16.8 Å². The first kappa shape index (κ1) is 18.6. The van der Waals surface area contributed by atoms with Crippen LogP contribution in [0.3, 0.4) is 0 Å². The third-order valence-electron chi connectivity index (χ3n) is 4.76. The lowest BCUT2D eigenvalue weighted by Gasteiger charge is -2.23. The molecule has 0 unspecified atom stereocenters. The lowest BCUT2D eigenvalue weighted by Crippen LogP contribution is -2.31. The van der Waals surface area contributed by atoms with Crippen LogP contribution in [-0.2, 0) is 22.8 Å². The van der Waals surface area contributed by atoms with Gasteiger partial charge >= 0.3 is 0 Å². The Labute approximate surface area is 153 Å². The van der Waals surface area contributed by atoms with Crippen LogP contribution in [0.25, 0.3) is 0 Å². The Morgan fingerprint density at radius 2 is 2.04 bits per heavy atom. The fourth-order valence-electron chi connectivity index (χ4n) is 3.21. The van der Waals surface area contributed by atoms with Gasteiger partial charge in [-0.3, -0.25) is 9.89 Å². The van der Waals surface area contributed by atoms with E-state index in [1.807, 2.05) is 14.0 Å². The van der Waals surface area contributed by atoms with Gasteiger partial charge in [-0.25, -0.2) is 8.42 Å². The van der Waals surface area contributed by atoms with Crippen molar-refractivity contribution in [3.8, 4) is 0 Å². The molecule has 1 aromatic heterocycles. The summed E-state index contributed by atoms with van der Waals surface area (Å²) in [5.74, 6) is -0.211. The highest BCUT2D eigenvalue weighted by Crippen LogP contribution is 2.22. The molecule has 0 radical (unpaired) electrons. The summed E-state index contributed by atoms with van der Waals surface area (Å²) < 4.78 is 23.2. The minimum absolute atomic E-state index is 0.204. The monoisotopic (exact) mass is 376 g/mol. The van der Waals surface area contributed by atoms with Crippen LogP contribution in [0.4, 0.5) is 0 Å². The molecule has 1 aliphatic heterocycles. The second kappa shape index (κ2) is 7.20. The number of nitrogens with zero attached hydrogens (tertiary/aromatic N) is 2. The van der Waals surface area contributed by atoms with E-state index in [1.54, 1.807) is 24.3 Å². The first-order valence-corrected chi connectivity index (χ1v) is 10.5. The average molecular weight is 376 g/mol. The third kappa shape index (κ3) is 3.81. The van der Waals surface area contributed by atoms with Gasteiger partial charge in [-0.2, -0.15) is 5.10 Å². The van der Waals surface area contributed by atoms with Crippen LogP contribution in [0.2, 0.25) is 0 Å². The number of fused-ring (bicyclic) bond motifs is 1. The molecule has 0 saturated carbocycles. The molecule has 0 spiro atoms. The van der Waals surface area contributed by atoms with Crippen molar-refractivity contribution in [3.63, 3.8) is 0 Å². The molecular weight excluding hydrogens is 352 g/mol. The van der Waals surface area contributed by atoms with E-state index in [1.165, 1.54) is 6.26 Å². The maximum absolute atomic E-state index is 12.7. The van der Waals surface area contributed by atoms with Gasteiger partial charge in [-0.1, -0.05) is 19.1 Å². The smallest absolute Gasteiger partial charge is 0.272 e. The van der Waals surface area contributed by atoms with Crippen LogP contribution < -0.4 is 5.32 Å². The molecule has 1 aromatic carbocycles. The van der Waals surface area contributed by atoms with E-state index in [4.69, 9.17) is 0 Å². The Morgan fingerprint density at radius 1 is 1.35 bits per heavy atom. The summed E-state index contributed by atoms with van der Waals surface area (Å²) in [6, 6.07) is 6.44. The summed E-state index contributed by atoms with van der Waals surface area (Å²) in [6.07, 6.45) is 2.73. The highest BCUT2D eigenvalue weighted by molar-refractivity contribution is 7.90. The number of hydrogen-bond donors (Lipinski definition) is 2. The Bertz CT molecular complexity index is 903. The minimum Gasteiger partial charge on any atom is -0.344 e. The van der Waals surface area contributed by atoms with Crippen molar-refractivity contribution in [2.24, 2.45) is 0 Å². The van der Waals surface area contributed by atoms with Gasteiger partial charge in [0.15, 0.2) is 15.5 Å². The minimum atomic E-state index is -3.23. The predicted octanol–water partition coefficient (Wildman–Crippen LogP) is 1.68. The van der Waals surface area contributed by atoms with Crippen molar-refractivity contribution in [2.75, 3.05) is 19.8 Å². The summed E-state index contributed by atoms with van der Waals surface area (Å²) in [5.41, 5.74) is 3.30. The lowest BCUT2D eigenvalue weighted by molar-refractivity contribution is 0.0928. The van der Waals surface area contributed by atoms with Gasteiger partial charge in [0, 0.05) is 37.0 Å². The Kier molecular flexibility index (Phi) is 5.15. The van der Waals surface area contributed by atoms with Gasteiger partial charge in [0.05, 0.1) is 10.9 Å². The average Bonchev–Trinajstić information content (AvgIpc) is 3.02. The fraction of sp³-hybridized carbons (Fsp3) is 0.444. The second-order valence-electron chi connectivity index (χ2n) is 6.79. The molecule has 2 N–H and O–H groups in total. The number of amides is 1. The number of likely N-dealkylation sites (N-methyl/N-ethyl adjacent to an activating group) is 1. The van der Waals surface area contributed by atoms with Crippen molar-refractivity contribution in [2.45, 2.75) is 37.2 Å². The number of hydrogen-bond acceptors (Lipinski definition) is 5. The fourth-order valence-corrected chi connectivity index (χ4v) is 3.84. The van der Waals surface area contributed by atoms with E-state index >= 15 is 0 Å². The zero-order chi connectivity index (χ0) is 18.9. The van der Waals surface area contributed by atoms with E-state index in [0.29, 0.717) is 18.7 Å². The molecule has 7 nitrogen and oxygen atoms in total. The molecule has 26 heavy (non-hydrogen) atoms. The van der Waals surface area contributed by atoms with Crippen molar-refractivity contribution in [3.05, 3.63) is 46.8 Å². The molecule has 0 fully saturated rings. The number of aromatic nitrogens is 2. The van der Waals surface area contributed by atoms with Gasteiger partial charge < -0.3 is 10.2 Å². The molecule has 0 saturated heterocycles. The highest BCUT2D eigenvalue weighted by Gasteiger charge is 2.25. The topological polar surface area (TPSA) is 95.2 Å². The molecule has 1 atom stereocenters. The zero-order valence-corrected chi connectivity index (χ0v) is 16.1. The Balaban J connectivity index is 1.78. The van der Waals surface area contributed by atoms with Gasteiger partial charge in [0.25, 0.3) is 5.91 Å². The first-order valence-electron chi connectivity index (χ1n) is 8.65. The third-order valence-corrected chi connectivity index (χ3v) is 5.89. The van der Waals surface area contributed by atoms with Crippen molar-refractivity contribution in [1.29, 1.82) is 0 Å². The van der Waals surface area contributed by atoms with Crippen LogP contribution in [-0.4, -0.2) is 49.3 Å². The molecule has 2 aromatic rings.